The van der Waals surface area contributed by atoms with Crippen LogP contribution in [0.15, 0.2) is 86.2 Å². The van der Waals surface area contributed by atoms with Crippen LogP contribution >= 0.6 is 38.9 Å². The summed E-state index contributed by atoms with van der Waals surface area (Å²) in [7, 11) is 0. The standard InChI is InChI=1S/C34H30BrClN2O6S/c1-5-42-32(40)23-13-9-21(10-14-23)18-44-30-24(15-25(36)17-26(30)35)16-27-31(39)38-29(22-11-7-19(3)8-12-22)28(33(41)43-6-2)20(4)37-34(38)45-27/h7-17,29H,5-6,18H2,1-4H3/b27-16-/t29-/m0/s1. The third-order valence-electron chi connectivity index (χ3n) is 7.08. The molecule has 8 nitrogen and oxygen atoms in total. The Balaban J connectivity index is 1.56. The van der Waals surface area contributed by atoms with E-state index in [0.717, 1.165) is 16.7 Å². The van der Waals surface area contributed by atoms with Crippen molar-refractivity contribution < 1.29 is 23.8 Å². The lowest BCUT2D eigenvalue weighted by Gasteiger charge is -2.24. The Morgan fingerprint density at radius 2 is 1.67 bits per heavy atom. The van der Waals surface area contributed by atoms with E-state index in [0.29, 0.717) is 53.6 Å². The SMILES string of the molecule is CCOC(=O)C1=C(C)N=c2s/c(=C\c3cc(Cl)cc(Br)c3OCc3ccc(C(=O)OCC)cc3)c(=O)n2[C@H]1c1ccc(C)cc1. The van der Waals surface area contributed by atoms with Crippen molar-refractivity contribution in [2.45, 2.75) is 40.3 Å². The van der Waals surface area contributed by atoms with Crippen LogP contribution in [0.25, 0.3) is 6.08 Å². The predicted octanol–water partition coefficient (Wildman–Crippen LogP) is 6.28. The fourth-order valence-corrected chi connectivity index (χ4v) is 6.93. The highest BCUT2D eigenvalue weighted by molar-refractivity contribution is 9.10. The Kier molecular flexibility index (Phi) is 10.1. The lowest BCUT2D eigenvalue weighted by molar-refractivity contribution is -0.139. The smallest absolute Gasteiger partial charge is 0.338 e. The minimum absolute atomic E-state index is 0.195. The van der Waals surface area contributed by atoms with E-state index in [9.17, 15) is 14.4 Å². The summed E-state index contributed by atoms with van der Waals surface area (Å²) < 4.78 is 19.2. The number of carbonyl (C=O) groups excluding carboxylic acids is 2. The zero-order chi connectivity index (χ0) is 32.2. The lowest BCUT2D eigenvalue weighted by Crippen LogP contribution is -2.39. The van der Waals surface area contributed by atoms with Crippen LogP contribution in [0.1, 0.15) is 59.4 Å². The first kappa shape index (κ1) is 32.4. The number of fused-ring (bicyclic) bond motifs is 1. The molecule has 0 saturated carbocycles. The molecule has 1 aromatic heterocycles. The molecule has 11 heteroatoms. The van der Waals surface area contributed by atoms with Gasteiger partial charge in [0.25, 0.3) is 5.56 Å². The van der Waals surface area contributed by atoms with Gasteiger partial charge < -0.3 is 14.2 Å². The zero-order valence-electron chi connectivity index (χ0n) is 25.1. The van der Waals surface area contributed by atoms with E-state index in [2.05, 4.69) is 20.9 Å². The second-order valence-electron chi connectivity index (χ2n) is 10.2. The van der Waals surface area contributed by atoms with Crippen LogP contribution in [0.5, 0.6) is 5.75 Å². The fourth-order valence-electron chi connectivity index (χ4n) is 4.94. The Bertz CT molecular complexity index is 1980. The first-order valence-electron chi connectivity index (χ1n) is 14.2. The summed E-state index contributed by atoms with van der Waals surface area (Å²) in [5.41, 5.74) is 4.20. The number of hydrogen-bond acceptors (Lipinski definition) is 8. The van der Waals surface area contributed by atoms with Crippen LogP contribution in [0, 0.1) is 6.92 Å². The summed E-state index contributed by atoms with van der Waals surface area (Å²) in [5.74, 6) is -0.412. The topological polar surface area (TPSA) is 96.2 Å². The number of esters is 2. The van der Waals surface area contributed by atoms with Crippen molar-refractivity contribution in [1.82, 2.24) is 4.57 Å². The number of halogens is 2. The number of rotatable bonds is 9. The molecule has 0 aliphatic carbocycles. The van der Waals surface area contributed by atoms with Gasteiger partial charge in [0, 0.05) is 10.6 Å². The van der Waals surface area contributed by atoms with Gasteiger partial charge in [-0.1, -0.05) is 64.9 Å². The highest BCUT2D eigenvalue weighted by Crippen LogP contribution is 2.34. The van der Waals surface area contributed by atoms with Gasteiger partial charge in [0.2, 0.25) is 0 Å². The molecule has 0 bridgehead atoms. The molecule has 0 amide bonds. The van der Waals surface area contributed by atoms with Gasteiger partial charge in [-0.3, -0.25) is 9.36 Å². The van der Waals surface area contributed by atoms with Gasteiger partial charge in [-0.25, -0.2) is 14.6 Å². The number of nitrogens with zero attached hydrogens (tertiary/aromatic N) is 2. The molecule has 1 aliphatic heterocycles. The number of ether oxygens (including phenoxy) is 3. The first-order chi connectivity index (χ1) is 21.6. The summed E-state index contributed by atoms with van der Waals surface area (Å²) >= 11 is 11.2. The van der Waals surface area contributed by atoms with E-state index in [1.165, 1.54) is 11.3 Å². The van der Waals surface area contributed by atoms with Gasteiger partial charge >= 0.3 is 11.9 Å². The van der Waals surface area contributed by atoms with Crippen LogP contribution in [-0.2, 0) is 20.9 Å². The molecule has 4 aromatic rings. The first-order valence-corrected chi connectivity index (χ1v) is 16.2. The van der Waals surface area contributed by atoms with Crippen molar-refractivity contribution in [2.24, 2.45) is 4.99 Å². The zero-order valence-corrected chi connectivity index (χ0v) is 28.2. The van der Waals surface area contributed by atoms with Crippen molar-refractivity contribution in [3.05, 3.63) is 129 Å². The number of hydrogen-bond donors (Lipinski definition) is 0. The van der Waals surface area contributed by atoms with Crippen molar-refractivity contribution in [1.29, 1.82) is 0 Å². The predicted molar refractivity (Wildman–Crippen MR) is 177 cm³/mol. The molecule has 2 heterocycles. The molecule has 0 fully saturated rings. The monoisotopic (exact) mass is 708 g/mol. The third kappa shape index (κ3) is 6.98. The second kappa shape index (κ2) is 14.0. The molecule has 3 aromatic carbocycles. The molecular formula is C34H30BrClN2O6S. The molecule has 45 heavy (non-hydrogen) atoms. The molecule has 0 saturated heterocycles. The molecule has 5 rings (SSSR count). The minimum atomic E-state index is -0.706. The van der Waals surface area contributed by atoms with Crippen molar-refractivity contribution in [3.63, 3.8) is 0 Å². The van der Waals surface area contributed by atoms with Gasteiger partial charge in [0.15, 0.2) is 4.80 Å². The van der Waals surface area contributed by atoms with Gasteiger partial charge in [0.05, 0.1) is 45.1 Å². The quantitative estimate of drug-likeness (QED) is 0.190. The lowest BCUT2D eigenvalue weighted by atomic mass is 9.95. The summed E-state index contributed by atoms with van der Waals surface area (Å²) in [6.07, 6.45) is 1.72. The molecule has 1 aliphatic rings. The molecule has 232 valence electrons. The van der Waals surface area contributed by atoms with E-state index in [-0.39, 0.29) is 24.7 Å². The van der Waals surface area contributed by atoms with Crippen LogP contribution < -0.4 is 19.6 Å². The summed E-state index contributed by atoms with van der Waals surface area (Å²) in [5, 5.41) is 0.449. The highest BCUT2D eigenvalue weighted by Gasteiger charge is 2.33. The molecule has 0 N–H and O–H groups in total. The number of benzene rings is 3. The fraction of sp³-hybridized carbons (Fsp3) is 0.235. The summed E-state index contributed by atoms with van der Waals surface area (Å²) in [4.78, 5) is 44.4. The number of carbonyl (C=O) groups is 2. The van der Waals surface area contributed by atoms with E-state index < -0.39 is 12.0 Å². The van der Waals surface area contributed by atoms with Gasteiger partial charge in [0.1, 0.15) is 12.4 Å². The molecule has 0 radical (unpaired) electrons. The second-order valence-corrected chi connectivity index (χ2v) is 12.5. The maximum absolute atomic E-state index is 14.1. The van der Waals surface area contributed by atoms with Crippen molar-refractivity contribution in [2.75, 3.05) is 13.2 Å². The number of aryl methyl sites for hydroxylation is 1. The Hall–Kier alpha value is -3.99. The average Bonchev–Trinajstić information content (AvgIpc) is 3.30. The average molecular weight is 710 g/mol. The minimum Gasteiger partial charge on any atom is -0.487 e. The molecular weight excluding hydrogens is 680 g/mol. The van der Waals surface area contributed by atoms with Crippen molar-refractivity contribution >= 4 is 56.9 Å². The van der Waals surface area contributed by atoms with Crippen molar-refractivity contribution in [3.8, 4) is 5.75 Å². The van der Waals surface area contributed by atoms with Crippen LogP contribution in [0.3, 0.4) is 0 Å². The number of thiazole rings is 1. The Morgan fingerprint density at radius 3 is 2.33 bits per heavy atom. The molecule has 0 unspecified atom stereocenters. The van der Waals surface area contributed by atoms with Crippen LogP contribution in [0.2, 0.25) is 5.02 Å². The van der Waals surface area contributed by atoms with E-state index in [1.54, 1.807) is 67.8 Å². The molecule has 0 spiro atoms. The Morgan fingerprint density at radius 1 is 1.00 bits per heavy atom. The van der Waals surface area contributed by atoms with E-state index >= 15 is 0 Å². The number of aromatic nitrogens is 1. The van der Waals surface area contributed by atoms with Crippen LogP contribution in [-0.4, -0.2) is 29.7 Å². The largest absolute Gasteiger partial charge is 0.487 e. The third-order valence-corrected chi connectivity index (χ3v) is 8.87. The van der Waals surface area contributed by atoms with Gasteiger partial charge in [-0.2, -0.15) is 0 Å². The number of allylic oxidation sites excluding steroid dienone is 1. The highest BCUT2D eigenvalue weighted by atomic mass is 79.9. The van der Waals surface area contributed by atoms with Gasteiger partial charge in [-0.05, 0) is 85.1 Å². The summed E-state index contributed by atoms with van der Waals surface area (Å²) in [6.45, 7) is 7.92. The maximum atomic E-state index is 14.1. The van der Waals surface area contributed by atoms with Gasteiger partial charge in [-0.15, -0.1) is 0 Å². The molecule has 1 atom stereocenters. The van der Waals surface area contributed by atoms with Crippen LogP contribution in [0.4, 0.5) is 0 Å². The van der Waals surface area contributed by atoms with E-state index in [4.69, 9.17) is 25.8 Å². The van der Waals surface area contributed by atoms with E-state index in [1.807, 2.05) is 31.2 Å². The summed E-state index contributed by atoms with van der Waals surface area (Å²) in [6, 6.07) is 17.4. The maximum Gasteiger partial charge on any atom is 0.338 e. The Labute approximate surface area is 277 Å². The normalized spacial score (nSPS) is 14.5.